The number of amides is 1. The molecule has 0 spiro atoms. The van der Waals surface area contributed by atoms with Gasteiger partial charge in [-0.25, -0.2) is 4.39 Å². The number of aliphatic hydroxyl groups excluding tert-OH is 1. The van der Waals surface area contributed by atoms with Crippen LogP contribution in [-0.2, 0) is 16.1 Å². The molecule has 4 rings (SSSR count). The van der Waals surface area contributed by atoms with Crippen molar-refractivity contribution in [3.8, 4) is 11.5 Å². The molecule has 1 amide bonds. The lowest BCUT2D eigenvalue weighted by Crippen LogP contribution is -2.28. The third-order valence-corrected chi connectivity index (χ3v) is 6.36. The van der Waals surface area contributed by atoms with Crippen molar-refractivity contribution in [3.05, 3.63) is 87.4 Å². The molecule has 1 unspecified atom stereocenters. The molecule has 0 aliphatic carbocycles. The summed E-state index contributed by atoms with van der Waals surface area (Å²) in [6.07, 6.45) is 0. The van der Waals surface area contributed by atoms with Crippen LogP contribution in [-0.4, -0.2) is 34.9 Å². The number of likely N-dealkylation sites (tertiary alicyclic amines) is 1. The van der Waals surface area contributed by atoms with Gasteiger partial charge in [0.1, 0.15) is 23.1 Å². The lowest BCUT2D eigenvalue weighted by Gasteiger charge is -2.24. The van der Waals surface area contributed by atoms with E-state index < -0.39 is 17.7 Å². The molecule has 176 valence electrons. The molecule has 0 saturated carbocycles. The molecule has 1 atom stereocenters. The molecule has 8 heteroatoms. The Morgan fingerprint density at radius 3 is 2.44 bits per heavy atom. The van der Waals surface area contributed by atoms with Crippen LogP contribution in [0.5, 0.6) is 11.5 Å². The maximum Gasteiger partial charge on any atom is 0.295 e. The van der Waals surface area contributed by atoms with Crippen LogP contribution >= 0.6 is 11.3 Å². The number of ether oxygens (including phenoxy) is 2. The predicted molar refractivity (Wildman–Crippen MR) is 127 cm³/mol. The molecule has 1 aliphatic rings. The molecule has 1 aliphatic heterocycles. The van der Waals surface area contributed by atoms with E-state index in [9.17, 15) is 19.1 Å². The first-order chi connectivity index (χ1) is 16.4. The van der Waals surface area contributed by atoms with Gasteiger partial charge in [0.15, 0.2) is 0 Å². The molecule has 3 aromatic rings. The summed E-state index contributed by atoms with van der Waals surface area (Å²) in [7, 11) is 0. The Morgan fingerprint density at radius 1 is 1.06 bits per heavy atom. The third-order valence-electron chi connectivity index (χ3n) is 5.44. The van der Waals surface area contributed by atoms with Gasteiger partial charge in [-0.05, 0) is 55.1 Å². The molecule has 2 heterocycles. The van der Waals surface area contributed by atoms with E-state index in [4.69, 9.17) is 9.47 Å². The highest BCUT2D eigenvalue weighted by molar-refractivity contribution is 7.10. The number of carbonyl (C=O) groups excluding carboxylic acids is 2. The minimum atomic E-state index is -0.786. The molecule has 2 aromatic carbocycles. The summed E-state index contributed by atoms with van der Waals surface area (Å²) in [5, 5.41) is 13.2. The number of hydrogen-bond acceptors (Lipinski definition) is 6. The van der Waals surface area contributed by atoms with E-state index in [1.807, 2.05) is 31.4 Å². The van der Waals surface area contributed by atoms with Crippen molar-refractivity contribution < 1.29 is 28.6 Å². The number of rotatable bonds is 8. The lowest BCUT2D eigenvalue weighted by atomic mass is 9.99. The average Bonchev–Trinajstić information content (AvgIpc) is 3.44. The third kappa shape index (κ3) is 4.54. The van der Waals surface area contributed by atoms with E-state index in [1.54, 1.807) is 30.3 Å². The van der Waals surface area contributed by atoms with Crippen molar-refractivity contribution >= 4 is 28.8 Å². The first-order valence-electron chi connectivity index (χ1n) is 10.9. The molecule has 6 nitrogen and oxygen atoms in total. The van der Waals surface area contributed by atoms with Crippen LogP contribution in [0, 0.1) is 5.82 Å². The van der Waals surface area contributed by atoms with Crippen molar-refractivity contribution in [3.63, 3.8) is 0 Å². The summed E-state index contributed by atoms with van der Waals surface area (Å²) in [6.45, 7) is 4.56. The number of ketones is 1. The summed E-state index contributed by atoms with van der Waals surface area (Å²) in [5.41, 5.74) is 0.951. The second-order valence-electron chi connectivity index (χ2n) is 7.59. The molecular weight excluding hydrogens is 457 g/mol. The second-order valence-corrected chi connectivity index (χ2v) is 8.57. The Bertz CT molecular complexity index is 1220. The fourth-order valence-corrected chi connectivity index (χ4v) is 4.79. The summed E-state index contributed by atoms with van der Waals surface area (Å²) in [5.74, 6) is -1.30. The van der Waals surface area contributed by atoms with Gasteiger partial charge in [-0.3, -0.25) is 9.59 Å². The largest absolute Gasteiger partial charge is 0.507 e. The monoisotopic (exact) mass is 481 g/mol. The summed E-state index contributed by atoms with van der Waals surface area (Å²) in [4.78, 5) is 28.4. The van der Waals surface area contributed by atoms with Gasteiger partial charge in [0.05, 0.1) is 30.4 Å². The molecule has 1 saturated heterocycles. The Labute approximate surface area is 200 Å². The molecule has 34 heavy (non-hydrogen) atoms. The van der Waals surface area contributed by atoms with Crippen LogP contribution in [0.1, 0.15) is 35.9 Å². The Hall–Kier alpha value is -3.65. The van der Waals surface area contributed by atoms with Crippen molar-refractivity contribution in [1.29, 1.82) is 0 Å². The Morgan fingerprint density at radius 2 is 1.79 bits per heavy atom. The van der Waals surface area contributed by atoms with E-state index in [0.29, 0.717) is 35.8 Å². The quantitative estimate of drug-likeness (QED) is 0.268. The van der Waals surface area contributed by atoms with Crippen LogP contribution < -0.4 is 9.47 Å². The van der Waals surface area contributed by atoms with Gasteiger partial charge in [-0.2, -0.15) is 0 Å². The second kappa shape index (κ2) is 10.1. The summed E-state index contributed by atoms with van der Waals surface area (Å²) < 4.78 is 24.6. The van der Waals surface area contributed by atoms with Gasteiger partial charge >= 0.3 is 0 Å². The van der Waals surface area contributed by atoms with Gasteiger partial charge in [0.25, 0.3) is 11.7 Å². The van der Waals surface area contributed by atoms with Crippen molar-refractivity contribution in [2.75, 3.05) is 13.2 Å². The molecule has 0 radical (unpaired) electrons. The number of benzene rings is 2. The van der Waals surface area contributed by atoms with Crippen molar-refractivity contribution in [2.45, 2.75) is 26.4 Å². The van der Waals surface area contributed by atoms with Gasteiger partial charge in [0.2, 0.25) is 0 Å². The zero-order valence-corrected chi connectivity index (χ0v) is 19.6. The van der Waals surface area contributed by atoms with E-state index in [-0.39, 0.29) is 23.7 Å². The number of thiophene rings is 1. The van der Waals surface area contributed by atoms with Crippen LogP contribution in [0.3, 0.4) is 0 Å². The first kappa shape index (κ1) is 23.5. The first-order valence-corrected chi connectivity index (χ1v) is 11.8. The molecule has 1 fully saturated rings. The number of halogens is 1. The summed E-state index contributed by atoms with van der Waals surface area (Å²) in [6, 6.07) is 13.5. The minimum absolute atomic E-state index is 0.0142. The molecule has 1 aromatic heterocycles. The number of aliphatic hydroxyl groups is 1. The predicted octanol–water partition coefficient (Wildman–Crippen LogP) is 5.31. The standard InChI is InChI=1S/C26H24FNO5S/c1-3-32-18-11-12-19(20(14-18)33-4-2)24(29)22-23(21-6-5-13-34-21)28(26(31)25(22)30)15-16-7-9-17(27)10-8-16/h5-14,23,29H,3-4,15H2,1-2H3/b24-22-. The van der Waals surface area contributed by atoms with E-state index >= 15 is 0 Å². The maximum atomic E-state index is 13.4. The highest BCUT2D eigenvalue weighted by Crippen LogP contribution is 2.43. The fraction of sp³-hybridized carbons (Fsp3) is 0.231. The van der Waals surface area contributed by atoms with Crippen LogP contribution in [0.25, 0.3) is 5.76 Å². The SMILES string of the molecule is CCOc1ccc(/C(O)=C2/C(=O)C(=O)N(Cc3ccc(F)cc3)C2c2cccs2)c(OCC)c1. The minimum Gasteiger partial charge on any atom is -0.507 e. The zero-order chi connectivity index (χ0) is 24.2. The maximum absolute atomic E-state index is 13.4. The molecule has 1 N–H and O–H groups in total. The van der Waals surface area contributed by atoms with Crippen molar-refractivity contribution in [1.82, 2.24) is 4.90 Å². The molecule has 0 bridgehead atoms. The van der Waals surface area contributed by atoms with Gasteiger partial charge in [-0.1, -0.05) is 18.2 Å². The Balaban J connectivity index is 1.83. The van der Waals surface area contributed by atoms with Gasteiger partial charge in [-0.15, -0.1) is 11.3 Å². The van der Waals surface area contributed by atoms with E-state index in [0.717, 1.165) is 4.88 Å². The van der Waals surface area contributed by atoms with Crippen LogP contribution in [0.4, 0.5) is 4.39 Å². The number of carbonyl (C=O) groups is 2. The van der Waals surface area contributed by atoms with Crippen LogP contribution in [0.2, 0.25) is 0 Å². The van der Waals surface area contributed by atoms with Gasteiger partial charge < -0.3 is 19.5 Å². The highest BCUT2D eigenvalue weighted by Gasteiger charge is 2.46. The van der Waals surface area contributed by atoms with E-state index in [2.05, 4.69) is 0 Å². The summed E-state index contributed by atoms with van der Waals surface area (Å²) >= 11 is 1.38. The zero-order valence-electron chi connectivity index (χ0n) is 18.8. The number of hydrogen-bond donors (Lipinski definition) is 1. The smallest absolute Gasteiger partial charge is 0.295 e. The molecular formula is C26H24FNO5S. The fourth-order valence-electron chi connectivity index (χ4n) is 3.95. The number of nitrogens with zero attached hydrogens (tertiary/aromatic N) is 1. The van der Waals surface area contributed by atoms with Gasteiger partial charge in [0, 0.05) is 17.5 Å². The lowest BCUT2D eigenvalue weighted by molar-refractivity contribution is -0.140. The van der Waals surface area contributed by atoms with Crippen molar-refractivity contribution in [2.24, 2.45) is 0 Å². The average molecular weight is 482 g/mol. The number of Topliss-reactive ketones (excluding diaryl/α,β-unsaturated/α-hetero) is 1. The normalized spacial score (nSPS) is 17.3. The van der Waals surface area contributed by atoms with E-state index in [1.165, 1.54) is 28.4 Å². The Kier molecular flexibility index (Phi) is 6.98. The highest BCUT2D eigenvalue weighted by atomic mass is 32.1. The van der Waals surface area contributed by atoms with Crippen LogP contribution in [0.15, 0.2) is 65.6 Å². The topological polar surface area (TPSA) is 76.1 Å².